The summed E-state index contributed by atoms with van der Waals surface area (Å²) in [5.74, 6) is -3.91. The molecule has 0 saturated carbocycles. The van der Waals surface area contributed by atoms with Crippen LogP contribution in [0.2, 0.25) is 11.0 Å². The van der Waals surface area contributed by atoms with Crippen molar-refractivity contribution in [3.05, 3.63) is 64.7 Å². The first-order valence-corrected chi connectivity index (χ1v) is 12.3. The third-order valence-corrected chi connectivity index (χ3v) is 7.50. The van der Waals surface area contributed by atoms with Crippen molar-refractivity contribution < 1.29 is 23.9 Å². The van der Waals surface area contributed by atoms with E-state index in [-0.39, 0.29) is 23.5 Å². The van der Waals surface area contributed by atoms with Gasteiger partial charge in [-0.2, -0.15) is 0 Å². The number of nitrogens with zero attached hydrogens (tertiary/aromatic N) is 3. The summed E-state index contributed by atoms with van der Waals surface area (Å²) >= 11 is 0. The fourth-order valence-corrected chi connectivity index (χ4v) is 5.05. The van der Waals surface area contributed by atoms with E-state index >= 15 is 0 Å². The molecule has 182 valence electrons. The Hall–Kier alpha value is -2.91. The predicted molar refractivity (Wildman–Crippen MR) is 143 cm³/mol. The molecule has 2 atom stereocenters. The van der Waals surface area contributed by atoms with E-state index in [1.807, 2.05) is 12.1 Å². The number of hydrogen-bond donors (Lipinski definition) is 0. The minimum absolute atomic E-state index is 0.143. The maximum atomic E-state index is 13.4. The van der Waals surface area contributed by atoms with Crippen molar-refractivity contribution in [1.29, 1.82) is 0 Å². The molecule has 3 aliphatic heterocycles. The predicted octanol–water partition coefficient (Wildman–Crippen LogP) is -0.219. The number of morpholine rings is 1. The van der Waals surface area contributed by atoms with Crippen molar-refractivity contribution in [2.45, 2.75) is 36.2 Å². The average Bonchev–Trinajstić information content (AvgIpc) is 3.27. The summed E-state index contributed by atoms with van der Waals surface area (Å²) in [4.78, 5) is 42.3. The van der Waals surface area contributed by atoms with Crippen molar-refractivity contribution >= 4 is 57.1 Å². The Morgan fingerprint density at radius 2 is 1.63 bits per heavy atom. The number of fused-ring (bicyclic) bond motifs is 1. The molecule has 2 unspecified atom stereocenters. The number of ether oxygens (including phenoxy) is 2. The number of amides is 3. The third kappa shape index (κ3) is 4.29. The monoisotopic (exact) mass is 499 g/mol. The molecule has 0 aliphatic carbocycles. The second kappa shape index (κ2) is 10.0. The summed E-state index contributed by atoms with van der Waals surface area (Å²) in [7, 11) is 30.2. The highest BCUT2D eigenvalue weighted by molar-refractivity contribution is 6.58. The van der Waals surface area contributed by atoms with Gasteiger partial charge in [-0.1, -0.05) is 35.5 Å². The molecular formula is C25H22B5N3O5. The smallest absolute Gasteiger partial charge is 0.254 e. The first-order chi connectivity index (χ1) is 18.1. The van der Waals surface area contributed by atoms with Gasteiger partial charge in [0.2, 0.25) is 19.8 Å². The number of imide groups is 1. The molecule has 38 heavy (non-hydrogen) atoms. The van der Waals surface area contributed by atoms with Gasteiger partial charge in [0.05, 0.1) is 48.7 Å². The van der Waals surface area contributed by atoms with Gasteiger partial charge in [0, 0.05) is 30.8 Å². The Labute approximate surface area is 228 Å². The fraction of sp³-hybridized carbons (Fsp3) is 0.400. The quantitative estimate of drug-likeness (QED) is 0.405. The van der Waals surface area contributed by atoms with Gasteiger partial charge in [-0.15, -0.1) is 0 Å². The summed E-state index contributed by atoms with van der Waals surface area (Å²) < 4.78 is 11.5. The minimum atomic E-state index is -2.38. The van der Waals surface area contributed by atoms with Crippen molar-refractivity contribution in [2.75, 3.05) is 26.3 Å². The summed E-state index contributed by atoms with van der Waals surface area (Å²) in [6.45, 7) is 4.29. The third-order valence-electron chi connectivity index (χ3n) is 7.50. The number of benzene rings is 2. The van der Waals surface area contributed by atoms with Crippen LogP contribution in [0.1, 0.15) is 27.0 Å². The van der Waals surface area contributed by atoms with E-state index in [4.69, 9.17) is 48.8 Å². The number of piperidine rings is 1. The van der Waals surface area contributed by atoms with Crippen LogP contribution in [0.5, 0.6) is 5.75 Å². The standard InChI is InChI=1S/C25H22B5N3O5/c26-20-22(35)33(30)23(36)25(29,24(20,27)28)32-13-18-17(21(32)34)2-1-3-19(18)38-14-16-6-4-15(5-7-16)12-31-8-10-37-11-9-31/h1-7,20H,8-14H2. The average molecular weight is 499 g/mol. The topological polar surface area (TPSA) is 79.4 Å². The molecule has 13 heteroatoms. The summed E-state index contributed by atoms with van der Waals surface area (Å²) in [5.41, 5.74) is 0.535. The minimum Gasteiger partial charge on any atom is -0.489 e. The zero-order valence-electron chi connectivity index (χ0n) is 20.8. The van der Waals surface area contributed by atoms with E-state index in [1.165, 1.54) is 5.56 Å². The van der Waals surface area contributed by atoms with E-state index < -0.39 is 34.2 Å². The Balaban J connectivity index is 1.32. The van der Waals surface area contributed by atoms with Crippen molar-refractivity contribution in [3.63, 3.8) is 0 Å². The lowest BCUT2D eigenvalue weighted by molar-refractivity contribution is -0.148. The molecule has 5 rings (SSSR count). The molecule has 2 aromatic rings. The highest BCUT2D eigenvalue weighted by Gasteiger charge is 2.61. The number of carbonyl (C=O) groups excluding carboxylic acids is 3. The summed E-state index contributed by atoms with van der Waals surface area (Å²) in [5, 5.41) is -2.28. The maximum absolute atomic E-state index is 13.4. The van der Waals surface area contributed by atoms with Crippen LogP contribution in [0.4, 0.5) is 0 Å². The molecule has 0 spiro atoms. The SMILES string of the molecule is [B]C1C(=O)N([B])C(=O)C([B])(N2Cc3c(OCc4ccc(CN5CCOCC5)cc4)cccc3C2=O)C1([B])[B]. The molecule has 0 bridgehead atoms. The van der Waals surface area contributed by atoms with E-state index in [0.29, 0.717) is 11.3 Å². The van der Waals surface area contributed by atoms with Crippen LogP contribution in [0, 0.1) is 0 Å². The second-order valence-electron chi connectivity index (χ2n) is 9.86. The molecule has 0 aromatic heterocycles. The number of rotatable bonds is 6. The molecule has 8 nitrogen and oxygen atoms in total. The molecule has 2 fully saturated rings. The molecule has 2 saturated heterocycles. The fourth-order valence-electron chi connectivity index (χ4n) is 5.05. The number of hydrogen-bond acceptors (Lipinski definition) is 6. The molecule has 3 aliphatic rings. The molecule has 2 aromatic carbocycles. The second-order valence-corrected chi connectivity index (χ2v) is 9.86. The van der Waals surface area contributed by atoms with E-state index in [2.05, 4.69) is 17.0 Å². The van der Waals surface area contributed by atoms with E-state index in [9.17, 15) is 14.4 Å². The maximum Gasteiger partial charge on any atom is 0.254 e. The van der Waals surface area contributed by atoms with Crippen LogP contribution in [-0.2, 0) is 34.0 Å². The van der Waals surface area contributed by atoms with Crippen LogP contribution >= 0.6 is 0 Å². The van der Waals surface area contributed by atoms with Crippen LogP contribution in [0.3, 0.4) is 0 Å². The highest BCUT2D eigenvalue weighted by Crippen LogP contribution is 2.51. The van der Waals surface area contributed by atoms with Crippen molar-refractivity contribution in [1.82, 2.24) is 14.6 Å². The zero-order valence-corrected chi connectivity index (χ0v) is 20.8. The lowest BCUT2D eigenvalue weighted by Gasteiger charge is -2.58. The van der Waals surface area contributed by atoms with Gasteiger partial charge in [-0.25, -0.2) is 0 Å². The van der Waals surface area contributed by atoms with Gasteiger partial charge >= 0.3 is 0 Å². The lowest BCUT2D eigenvalue weighted by Crippen LogP contribution is -2.72. The van der Waals surface area contributed by atoms with Gasteiger partial charge in [0.25, 0.3) is 5.91 Å². The molecule has 3 amide bonds. The van der Waals surface area contributed by atoms with Crippen LogP contribution < -0.4 is 4.74 Å². The first-order valence-electron chi connectivity index (χ1n) is 12.3. The molecular weight excluding hydrogens is 476 g/mol. The van der Waals surface area contributed by atoms with Crippen molar-refractivity contribution in [2.24, 2.45) is 0 Å². The van der Waals surface area contributed by atoms with Gasteiger partial charge in [-0.3, -0.25) is 19.3 Å². The molecule has 3 heterocycles. The summed E-state index contributed by atoms with van der Waals surface area (Å²) in [6, 6.07) is 13.1. The first kappa shape index (κ1) is 26.7. The molecule has 10 radical (unpaired) electrons. The highest BCUT2D eigenvalue weighted by atomic mass is 16.5. The Kier molecular flexibility index (Phi) is 7.03. The Morgan fingerprint density at radius 3 is 2.32 bits per heavy atom. The Bertz CT molecular complexity index is 1270. The van der Waals surface area contributed by atoms with Crippen LogP contribution in [0.25, 0.3) is 0 Å². The normalized spacial score (nSPS) is 25.5. The zero-order chi connectivity index (χ0) is 27.2. The molecule has 0 N–H and O–H groups in total. The van der Waals surface area contributed by atoms with E-state index in [1.54, 1.807) is 18.2 Å². The van der Waals surface area contributed by atoms with Gasteiger partial charge in [0.1, 0.15) is 20.2 Å². The van der Waals surface area contributed by atoms with Gasteiger partial charge < -0.3 is 19.2 Å². The Morgan fingerprint density at radius 1 is 0.974 bits per heavy atom. The van der Waals surface area contributed by atoms with Crippen LogP contribution in [-0.4, -0.2) is 103 Å². The van der Waals surface area contributed by atoms with E-state index in [0.717, 1.165) is 43.3 Å². The largest absolute Gasteiger partial charge is 0.489 e. The van der Waals surface area contributed by atoms with Gasteiger partial charge in [-0.05, 0) is 29.1 Å². The van der Waals surface area contributed by atoms with Crippen molar-refractivity contribution in [3.8, 4) is 5.75 Å². The van der Waals surface area contributed by atoms with Gasteiger partial charge in [0.15, 0.2) is 0 Å². The van der Waals surface area contributed by atoms with Crippen LogP contribution in [0.15, 0.2) is 42.5 Å². The lowest BCUT2D eigenvalue weighted by atomic mass is 9.30. The summed E-state index contributed by atoms with van der Waals surface area (Å²) in [6.07, 6.45) is 0. The number of carbonyl (C=O) groups is 3.